The molecule has 1 nitrogen and oxygen atoms in total. The molecule has 1 atom stereocenters. The Balaban J connectivity index is 2.65. The summed E-state index contributed by atoms with van der Waals surface area (Å²) >= 11 is 8.20. The summed E-state index contributed by atoms with van der Waals surface area (Å²) in [5.41, 5.74) is 1.22. The van der Waals surface area contributed by atoms with Gasteiger partial charge in [0.1, 0.15) is 0 Å². The largest absolute Gasteiger partial charge is 0.309 e. The van der Waals surface area contributed by atoms with E-state index < -0.39 is 0 Å². The van der Waals surface area contributed by atoms with E-state index >= 15 is 0 Å². The van der Waals surface area contributed by atoms with Gasteiger partial charge in [0, 0.05) is 16.8 Å². The first-order valence-electron chi connectivity index (χ1n) is 5.85. The minimum absolute atomic E-state index is 0.371. The SMILES string of the molecule is CCCSCC(NCC)c1ccccc1Cl. The lowest BCUT2D eigenvalue weighted by molar-refractivity contribution is 0.606. The van der Waals surface area contributed by atoms with Gasteiger partial charge in [0.2, 0.25) is 0 Å². The predicted octanol–water partition coefficient (Wildman–Crippen LogP) is 4.13. The molecule has 0 saturated carbocycles. The molecule has 0 bridgehead atoms. The van der Waals surface area contributed by atoms with Gasteiger partial charge >= 0.3 is 0 Å². The van der Waals surface area contributed by atoms with Crippen LogP contribution >= 0.6 is 23.4 Å². The van der Waals surface area contributed by atoms with Crippen molar-refractivity contribution >= 4 is 23.4 Å². The molecule has 0 radical (unpaired) electrons. The van der Waals surface area contributed by atoms with Gasteiger partial charge in [0.25, 0.3) is 0 Å². The predicted molar refractivity (Wildman–Crippen MR) is 75.5 cm³/mol. The molecule has 0 amide bonds. The van der Waals surface area contributed by atoms with Crippen LogP contribution in [0.2, 0.25) is 5.02 Å². The first kappa shape index (κ1) is 13.9. The molecule has 1 aromatic rings. The second-order valence-corrected chi connectivity index (χ2v) is 5.26. The molecule has 0 aliphatic heterocycles. The van der Waals surface area contributed by atoms with Gasteiger partial charge in [-0.2, -0.15) is 11.8 Å². The molecule has 0 aliphatic rings. The van der Waals surface area contributed by atoms with Gasteiger partial charge < -0.3 is 5.32 Å². The molecule has 90 valence electrons. The molecular formula is C13H20ClNS. The van der Waals surface area contributed by atoms with Crippen LogP contribution in [0.25, 0.3) is 0 Å². The van der Waals surface area contributed by atoms with Crippen molar-refractivity contribution in [2.24, 2.45) is 0 Å². The average Bonchev–Trinajstić information content (AvgIpc) is 2.29. The fourth-order valence-corrected chi connectivity index (χ4v) is 2.86. The fraction of sp³-hybridized carbons (Fsp3) is 0.538. The van der Waals surface area contributed by atoms with E-state index in [9.17, 15) is 0 Å². The summed E-state index contributed by atoms with van der Waals surface area (Å²) < 4.78 is 0. The summed E-state index contributed by atoms with van der Waals surface area (Å²) in [5, 5.41) is 4.36. The maximum Gasteiger partial charge on any atom is 0.0454 e. The zero-order valence-electron chi connectivity index (χ0n) is 10.0. The Morgan fingerprint density at radius 1 is 1.31 bits per heavy atom. The smallest absolute Gasteiger partial charge is 0.0454 e. The lowest BCUT2D eigenvalue weighted by Gasteiger charge is -2.19. The number of benzene rings is 1. The van der Waals surface area contributed by atoms with Gasteiger partial charge in [0.15, 0.2) is 0 Å². The van der Waals surface area contributed by atoms with Crippen molar-refractivity contribution in [2.75, 3.05) is 18.1 Å². The van der Waals surface area contributed by atoms with E-state index in [4.69, 9.17) is 11.6 Å². The second kappa shape index (κ2) is 7.99. The highest BCUT2D eigenvalue weighted by molar-refractivity contribution is 7.99. The van der Waals surface area contributed by atoms with Gasteiger partial charge in [-0.25, -0.2) is 0 Å². The Labute approximate surface area is 108 Å². The third-order valence-corrected chi connectivity index (χ3v) is 3.97. The van der Waals surface area contributed by atoms with Crippen LogP contribution in [0, 0.1) is 0 Å². The highest BCUT2D eigenvalue weighted by Gasteiger charge is 2.12. The Bertz CT molecular complexity index is 304. The van der Waals surface area contributed by atoms with Gasteiger partial charge in [-0.05, 0) is 30.3 Å². The normalized spacial score (nSPS) is 12.7. The molecule has 0 spiro atoms. The van der Waals surface area contributed by atoms with Gasteiger partial charge in [-0.1, -0.05) is 43.6 Å². The minimum Gasteiger partial charge on any atom is -0.309 e. The standard InChI is InChI=1S/C13H20ClNS/c1-3-9-16-10-13(15-4-2)11-7-5-6-8-12(11)14/h5-8,13,15H,3-4,9-10H2,1-2H3. The van der Waals surface area contributed by atoms with Crippen molar-refractivity contribution in [1.82, 2.24) is 5.32 Å². The number of hydrogen-bond acceptors (Lipinski definition) is 2. The molecule has 1 unspecified atom stereocenters. The summed E-state index contributed by atoms with van der Waals surface area (Å²) in [6, 6.07) is 8.48. The van der Waals surface area contributed by atoms with Gasteiger partial charge in [0.05, 0.1) is 0 Å². The van der Waals surface area contributed by atoms with E-state index in [-0.39, 0.29) is 0 Å². The maximum atomic E-state index is 6.22. The van der Waals surface area contributed by atoms with E-state index in [2.05, 4.69) is 31.3 Å². The second-order valence-electron chi connectivity index (χ2n) is 3.71. The van der Waals surface area contributed by atoms with Crippen molar-refractivity contribution in [3.05, 3.63) is 34.9 Å². The Morgan fingerprint density at radius 2 is 2.06 bits per heavy atom. The molecule has 0 heterocycles. The molecule has 0 aromatic heterocycles. The van der Waals surface area contributed by atoms with Crippen molar-refractivity contribution in [3.63, 3.8) is 0 Å². The Kier molecular flexibility index (Phi) is 6.93. The van der Waals surface area contributed by atoms with E-state index in [1.807, 2.05) is 23.9 Å². The Hall–Kier alpha value is -0.180. The molecule has 3 heteroatoms. The molecule has 0 saturated heterocycles. The summed E-state index contributed by atoms with van der Waals surface area (Å²) in [5.74, 6) is 2.30. The van der Waals surface area contributed by atoms with Gasteiger partial charge in [-0.15, -0.1) is 0 Å². The lowest BCUT2D eigenvalue weighted by atomic mass is 10.1. The number of thioether (sulfide) groups is 1. The van der Waals surface area contributed by atoms with Crippen molar-refractivity contribution in [1.29, 1.82) is 0 Å². The highest BCUT2D eigenvalue weighted by Crippen LogP contribution is 2.25. The minimum atomic E-state index is 0.371. The number of hydrogen-bond donors (Lipinski definition) is 1. The third-order valence-electron chi connectivity index (χ3n) is 2.36. The van der Waals surface area contributed by atoms with E-state index in [0.717, 1.165) is 17.3 Å². The lowest BCUT2D eigenvalue weighted by Crippen LogP contribution is -2.23. The number of nitrogens with one attached hydrogen (secondary N) is 1. The van der Waals surface area contributed by atoms with Gasteiger partial charge in [-0.3, -0.25) is 0 Å². The van der Waals surface area contributed by atoms with E-state index in [1.165, 1.54) is 17.7 Å². The first-order valence-corrected chi connectivity index (χ1v) is 7.38. The molecular weight excluding hydrogens is 238 g/mol. The molecule has 16 heavy (non-hydrogen) atoms. The highest BCUT2D eigenvalue weighted by atomic mass is 35.5. The van der Waals surface area contributed by atoms with Crippen LogP contribution in [0.3, 0.4) is 0 Å². The number of halogens is 1. The van der Waals surface area contributed by atoms with Crippen LogP contribution in [0.1, 0.15) is 31.9 Å². The van der Waals surface area contributed by atoms with Crippen molar-refractivity contribution in [3.8, 4) is 0 Å². The monoisotopic (exact) mass is 257 g/mol. The molecule has 1 aromatic carbocycles. The van der Waals surface area contributed by atoms with Crippen molar-refractivity contribution < 1.29 is 0 Å². The summed E-state index contributed by atoms with van der Waals surface area (Å²) in [6.45, 7) is 5.32. The summed E-state index contributed by atoms with van der Waals surface area (Å²) in [7, 11) is 0. The zero-order valence-corrected chi connectivity index (χ0v) is 11.6. The molecule has 1 N–H and O–H groups in total. The molecule has 1 rings (SSSR count). The van der Waals surface area contributed by atoms with Crippen LogP contribution in [0.15, 0.2) is 24.3 Å². The van der Waals surface area contributed by atoms with E-state index in [1.54, 1.807) is 0 Å². The van der Waals surface area contributed by atoms with Crippen LogP contribution in [-0.2, 0) is 0 Å². The Morgan fingerprint density at radius 3 is 2.69 bits per heavy atom. The third kappa shape index (κ3) is 4.36. The fourth-order valence-electron chi connectivity index (χ4n) is 1.61. The molecule has 0 fully saturated rings. The first-order chi connectivity index (χ1) is 7.79. The summed E-state index contributed by atoms with van der Waals surface area (Å²) in [6.07, 6.45) is 1.23. The molecule has 0 aliphatic carbocycles. The summed E-state index contributed by atoms with van der Waals surface area (Å²) in [4.78, 5) is 0. The van der Waals surface area contributed by atoms with Crippen molar-refractivity contribution in [2.45, 2.75) is 26.3 Å². The van der Waals surface area contributed by atoms with Crippen LogP contribution in [0.4, 0.5) is 0 Å². The van der Waals surface area contributed by atoms with Crippen LogP contribution < -0.4 is 5.32 Å². The number of rotatable bonds is 7. The zero-order chi connectivity index (χ0) is 11.8. The maximum absolute atomic E-state index is 6.22. The van der Waals surface area contributed by atoms with Crippen LogP contribution in [-0.4, -0.2) is 18.1 Å². The quantitative estimate of drug-likeness (QED) is 0.737. The van der Waals surface area contributed by atoms with Crippen LogP contribution in [0.5, 0.6) is 0 Å². The van der Waals surface area contributed by atoms with E-state index in [0.29, 0.717) is 6.04 Å². The topological polar surface area (TPSA) is 12.0 Å². The average molecular weight is 258 g/mol.